The molecule has 0 fully saturated rings. The third kappa shape index (κ3) is 2.66. The van der Waals surface area contributed by atoms with Gasteiger partial charge in [-0.3, -0.25) is 0 Å². The van der Waals surface area contributed by atoms with Crippen molar-refractivity contribution >= 4 is 17.2 Å². The fourth-order valence-electron chi connectivity index (χ4n) is 2.85. The highest BCUT2D eigenvalue weighted by molar-refractivity contribution is 6.30. The smallest absolute Gasteiger partial charge is 0.135 e. The first kappa shape index (κ1) is 14.2. The van der Waals surface area contributed by atoms with Crippen LogP contribution < -0.4 is 4.74 Å². The third-order valence-corrected chi connectivity index (χ3v) is 4.11. The van der Waals surface area contributed by atoms with Crippen LogP contribution in [0.4, 0.5) is 0 Å². The Hall–Kier alpha value is -2.45. The van der Waals surface area contributed by atoms with E-state index in [0.29, 0.717) is 5.02 Å². The molecule has 4 rings (SSSR count). The lowest BCUT2D eigenvalue weighted by molar-refractivity contribution is 0.264. The summed E-state index contributed by atoms with van der Waals surface area (Å²) in [6.45, 7) is 2.02. The van der Waals surface area contributed by atoms with E-state index >= 15 is 0 Å². The summed E-state index contributed by atoms with van der Waals surface area (Å²) < 4.78 is 11.9. The molecule has 0 amide bonds. The molecule has 1 aromatic heterocycles. The molecule has 2 heterocycles. The van der Waals surface area contributed by atoms with Gasteiger partial charge in [0, 0.05) is 21.7 Å². The molecule has 0 radical (unpaired) electrons. The molecule has 1 aliphatic heterocycles. The minimum Gasteiger partial charge on any atom is -0.486 e. The van der Waals surface area contributed by atoms with Crippen molar-refractivity contribution < 1.29 is 9.15 Å². The van der Waals surface area contributed by atoms with E-state index in [1.165, 1.54) is 0 Å². The van der Waals surface area contributed by atoms with Gasteiger partial charge in [-0.25, -0.2) is 0 Å². The van der Waals surface area contributed by atoms with Crippen molar-refractivity contribution in [3.8, 4) is 17.1 Å². The zero-order valence-electron chi connectivity index (χ0n) is 12.6. The van der Waals surface area contributed by atoms with Gasteiger partial charge in [0.25, 0.3) is 0 Å². The number of benzene rings is 2. The number of rotatable bonds is 2. The van der Waals surface area contributed by atoms with Gasteiger partial charge in [-0.2, -0.15) is 0 Å². The Bertz CT molecular complexity index is 892. The molecule has 114 valence electrons. The average molecular weight is 323 g/mol. The number of para-hydroxylation sites is 1. The summed E-state index contributed by atoms with van der Waals surface area (Å²) in [5, 5.41) is 0.699. The van der Waals surface area contributed by atoms with E-state index in [2.05, 4.69) is 12.1 Å². The summed E-state index contributed by atoms with van der Waals surface area (Å²) in [5.74, 6) is 2.53. The van der Waals surface area contributed by atoms with E-state index in [0.717, 1.165) is 34.0 Å². The van der Waals surface area contributed by atoms with Crippen molar-refractivity contribution in [2.45, 2.75) is 13.0 Å². The van der Waals surface area contributed by atoms with Crippen LogP contribution in [-0.4, -0.2) is 6.10 Å². The Morgan fingerprint density at radius 2 is 1.74 bits per heavy atom. The predicted molar refractivity (Wildman–Crippen MR) is 92.8 cm³/mol. The number of halogens is 1. The number of furan rings is 1. The lowest BCUT2D eigenvalue weighted by Crippen LogP contribution is -2.14. The maximum Gasteiger partial charge on any atom is 0.135 e. The van der Waals surface area contributed by atoms with Gasteiger partial charge in [-0.1, -0.05) is 41.9 Å². The summed E-state index contributed by atoms with van der Waals surface area (Å²) >= 11 is 6.07. The van der Waals surface area contributed by atoms with Crippen LogP contribution in [-0.2, 0) is 0 Å². The molecule has 2 aromatic carbocycles. The lowest BCUT2D eigenvalue weighted by atomic mass is 9.98. The second-order valence-corrected chi connectivity index (χ2v) is 6.01. The molecule has 23 heavy (non-hydrogen) atoms. The van der Waals surface area contributed by atoms with Gasteiger partial charge < -0.3 is 9.15 Å². The van der Waals surface area contributed by atoms with Crippen LogP contribution in [0.2, 0.25) is 5.02 Å². The standard InChI is InChI=1S/C20H15ClO2/c1-13-11-17(16-7-2-3-8-19(16)22-13)20-10-9-18(23-20)14-5-4-6-15(21)12-14/h2-13H,1H3. The highest BCUT2D eigenvalue weighted by atomic mass is 35.5. The van der Waals surface area contributed by atoms with Gasteiger partial charge in [0.05, 0.1) is 0 Å². The van der Waals surface area contributed by atoms with E-state index in [1.54, 1.807) is 0 Å². The van der Waals surface area contributed by atoms with Crippen molar-refractivity contribution in [2.24, 2.45) is 0 Å². The van der Waals surface area contributed by atoms with Crippen molar-refractivity contribution in [3.05, 3.63) is 83.1 Å². The number of fused-ring (bicyclic) bond motifs is 1. The van der Waals surface area contributed by atoms with Crippen molar-refractivity contribution in [1.82, 2.24) is 0 Å². The van der Waals surface area contributed by atoms with E-state index in [9.17, 15) is 0 Å². The minimum atomic E-state index is 0.0135. The average Bonchev–Trinajstić information content (AvgIpc) is 3.04. The Morgan fingerprint density at radius 1 is 0.913 bits per heavy atom. The van der Waals surface area contributed by atoms with E-state index in [4.69, 9.17) is 20.8 Å². The molecule has 1 atom stereocenters. The topological polar surface area (TPSA) is 22.4 Å². The second-order valence-electron chi connectivity index (χ2n) is 5.57. The minimum absolute atomic E-state index is 0.0135. The van der Waals surface area contributed by atoms with Gasteiger partial charge >= 0.3 is 0 Å². The van der Waals surface area contributed by atoms with Crippen LogP contribution >= 0.6 is 11.6 Å². The first-order chi connectivity index (χ1) is 11.2. The first-order valence-electron chi connectivity index (χ1n) is 7.55. The van der Waals surface area contributed by atoms with E-state index in [1.807, 2.05) is 61.5 Å². The summed E-state index contributed by atoms with van der Waals surface area (Å²) in [6, 6.07) is 19.7. The maximum absolute atomic E-state index is 6.09. The monoisotopic (exact) mass is 322 g/mol. The first-order valence-corrected chi connectivity index (χ1v) is 7.92. The third-order valence-electron chi connectivity index (χ3n) is 3.87. The van der Waals surface area contributed by atoms with Crippen molar-refractivity contribution in [3.63, 3.8) is 0 Å². The summed E-state index contributed by atoms with van der Waals surface area (Å²) in [7, 11) is 0. The summed E-state index contributed by atoms with van der Waals surface area (Å²) in [4.78, 5) is 0. The van der Waals surface area contributed by atoms with Crippen LogP contribution in [0.5, 0.6) is 5.75 Å². The van der Waals surface area contributed by atoms with Gasteiger partial charge in [-0.05, 0) is 43.3 Å². The lowest BCUT2D eigenvalue weighted by Gasteiger charge is -2.22. The van der Waals surface area contributed by atoms with E-state index in [-0.39, 0.29) is 6.10 Å². The van der Waals surface area contributed by atoms with Crippen LogP contribution in [0, 0.1) is 0 Å². The van der Waals surface area contributed by atoms with Crippen molar-refractivity contribution in [1.29, 1.82) is 0 Å². The van der Waals surface area contributed by atoms with E-state index < -0.39 is 0 Å². The molecule has 0 spiro atoms. The molecule has 3 aromatic rings. The van der Waals surface area contributed by atoms with Crippen LogP contribution in [0.15, 0.2) is 71.2 Å². The normalized spacial score (nSPS) is 16.4. The second kappa shape index (κ2) is 5.64. The van der Waals surface area contributed by atoms with Crippen molar-refractivity contribution in [2.75, 3.05) is 0 Å². The Labute approximate surface area is 140 Å². The van der Waals surface area contributed by atoms with Crippen LogP contribution in [0.25, 0.3) is 16.9 Å². The largest absolute Gasteiger partial charge is 0.486 e. The molecular weight excluding hydrogens is 308 g/mol. The molecule has 1 unspecified atom stereocenters. The zero-order valence-corrected chi connectivity index (χ0v) is 13.4. The molecule has 2 nitrogen and oxygen atoms in total. The quantitative estimate of drug-likeness (QED) is 0.593. The van der Waals surface area contributed by atoms with Gasteiger partial charge in [0.15, 0.2) is 0 Å². The number of hydrogen-bond acceptors (Lipinski definition) is 2. The Kier molecular flexibility index (Phi) is 3.47. The maximum atomic E-state index is 6.09. The summed E-state index contributed by atoms with van der Waals surface area (Å²) in [6.07, 6.45) is 2.10. The molecule has 0 saturated carbocycles. The Morgan fingerprint density at radius 3 is 2.61 bits per heavy atom. The molecule has 0 N–H and O–H groups in total. The van der Waals surface area contributed by atoms with Gasteiger partial charge in [-0.15, -0.1) is 0 Å². The number of hydrogen-bond donors (Lipinski definition) is 0. The molecule has 0 bridgehead atoms. The Balaban J connectivity index is 1.77. The van der Waals surface area contributed by atoms with Gasteiger partial charge in [0.1, 0.15) is 23.4 Å². The SMILES string of the molecule is CC1C=C(c2ccc(-c3cccc(Cl)c3)o2)c2ccccc2O1. The molecule has 3 heteroatoms. The fourth-order valence-corrected chi connectivity index (χ4v) is 3.04. The zero-order chi connectivity index (χ0) is 15.8. The van der Waals surface area contributed by atoms with Gasteiger partial charge in [0.2, 0.25) is 0 Å². The molecular formula is C20H15ClO2. The molecule has 0 aliphatic carbocycles. The van der Waals surface area contributed by atoms with Crippen LogP contribution in [0.3, 0.4) is 0 Å². The van der Waals surface area contributed by atoms with Crippen LogP contribution in [0.1, 0.15) is 18.2 Å². The number of ether oxygens (including phenoxy) is 1. The highest BCUT2D eigenvalue weighted by Crippen LogP contribution is 2.37. The fraction of sp³-hybridized carbons (Fsp3) is 0.100. The summed E-state index contributed by atoms with van der Waals surface area (Å²) in [5.41, 5.74) is 3.09. The highest BCUT2D eigenvalue weighted by Gasteiger charge is 2.21. The molecule has 0 saturated heterocycles. The molecule has 1 aliphatic rings. The predicted octanol–water partition coefficient (Wildman–Crippen LogP) is 5.81.